The highest BCUT2D eigenvalue weighted by Gasteiger charge is 2.09. The molecule has 0 aromatic heterocycles. The van der Waals surface area contributed by atoms with Gasteiger partial charge in [-0.3, -0.25) is 0 Å². The summed E-state index contributed by atoms with van der Waals surface area (Å²) in [7, 11) is 0. The number of hydrogen-bond donors (Lipinski definition) is 1. The van der Waals surface area contributed by atoms with Gasteiger partial charge in [0.25, 0.3) is 0 Å². The topological polar surface area (TPSA) is 21.3 Å². The lowest BCUT2D eigenvalue weighted by molar-refractivity contribution is 0.469. The molecule has 112 valence electrons. The summed E-state index contributed by atoms with van der Waals surface area (Å²) < 4.78 is 7.85. The Balaban J connectivity index is 2.22. The van der Waals surface area contributed by atoms with Crippen molar-refractivity contribution in [2.45, 2.75) is 19.9 Å². The molecule has 2 aromatic carbocycles. The third-order valence-electron chi connectivity index (χ3n) is 2.89. The molecule has 1 N–H and O–H groups in total. The van der Waals surface area contributed by atoms with Crippen molar-refractivity contribution in [3.05, 3.63) is 55.9 Å². The zero-order valence-corrected chi connectivity index (χ0v) is 15.6. The van der Waals surface area contributed by atoms with E-state index >= 15 is 0 Å². The molecular formula is C16H16Br2ClNO. The van der Waals surface area contributed by atoms with Gasteiger partial charge in [0.05, 0.1) is 4.47 Å². The van der Waals surface area contributed by atoms with Crippen molar-refractivity contribution >= 4 is 43.5 Å². The minimum Gasteiger partial charge on any atom is -0.456 e. The third-order valence-corrected chi connectivity index (χ3v) is 4.23. The minimum absolute atomic E-state index is 0.674. The zero-order valence-electron chi connectivity index (χ0n) is 11.6. The lowest BCUT2D eigenvalue weighted by Gasteiger charge is -2.13. The summed E-state index contributed by atoms with van der Waals surface area (Å²) in [5.74, 6) is 1.57. The number of ether oxygens (including phenoxy) is 1. The van der Waals surface area contributed by atoms with E-state index in [1.165, 1.54) is 0 Å². The van der Waals surface area contributed by atoms with Crippen LogP contribution >= 0.6 is 43.5 Å². The quantitative estimate of drug-likeness (QED) is 0.551. The molecule has 21 heavy (non-hydrogen) atoms. The second kappa shape index (κ2) is 8.18. The molecule has 0 saturated carbocycles. The van der Waals surface area contributed by atoms with Crippen LogP contribution in [0.15, 0.2) is 45.3 Å². The molecule has 0 spiro atoms. The van der Waals surface area contributed by atoms with E-state index in [0.717, 1.165) is 45.5 Å². The standard InChI is InChI=1S/C16H16Br2ClNO/c1-2-7-20-10-11-3-4-12(17)8-16(11)21-15-6-5-13(19)9-14(15)18/h3-6,8-9,20H,2,7,10H2,1H3. The van der Waals surface area contributed by atoms with Gasteiger partial charge >= 0.3 is 0 Å². The van der Waals surface area contributed by atoms with Crippen molar-refractivity contribution in [2.24, 2.45) is 0 Å². The summed E-state index contributed by atoms with van der Waals surface area (Å²) in [5.41, 5.74) is 1.12. The van der Waals surface area contributed by atoms with Gasteiger partial charge in [-0.25, -0.2) is 0 Å². The molecule has 0 aliphatic rings. The number of nitrogens with one attached hydrogen (secondary N) is 1. The van der Waals surface area contributed by atoms with Crippen LogP contribution in [0.5, 0.6) is 11.5 Å². The highest BCUT2D eigenvalue weighted by Crippen LogP contribution is 2.34. The summed E-state index contributed by atoms with van der Waals surface area (Å²) in [6.07, 6.45) is 1.11. The highest BCUT2D eigenvalue weighted by molar-refractivity contribution is 9.10. The van der Waals surface area contributed by atoms with E-state index in [4.69, 9.17) is 16.3 Å². The van der Waals surface area contributed by atoms with Crippen LogP contribution in [0.3, 0.4) is 0 Å². The molecule has 0 unspecified atom stereocenters. The predicted octanol–water partition coefficient (Wildman–Crippen LogP) is 6.16. The Bertz CT molecular complexity index is 619. The van der Waals surface area contributed by atoms with E-state index in [9.17, 15) is 0 Å². The molecule has 0 aliphatic carbocycles. The first-order chi connectivity index (χ1) is 10.1. The molecule has 2 nitrogen and oxygen atoms in total. The smallest absolute Gasteiger partial charge is 0.141 e. The largest absolute Gasteiger partial charge is 0.456 e. The lowest BCUT2D eigenvalue weighted by atomic mass is 10.2. The van der Waals surface area contributed by atoms with Crippen LogP contribution < -0.4 is 10.1 Å². The Morgan fingerprint density at radius 1 is 1.10 bits per heavy atom. The van der Waals surface area contributed by atoms with Gasteiger partial charge in [0.1, 0.15) is 11.5 Å². The average molecular weight is 434 g/mol. The van der Waals surface area contributed by atoms with Gasteiger partial charge in [-0.05, 0) is 59.2 Å². The maximum Gasteiger partial charge on any atom is 0.141 e. The second-order valence-electron chi connectivity index (χ2n) is 4.61. The molecule has 2 aromatic rings. The van der Waals surface area contributed by atoms with E-state index < -0.39 is 0 Å². The number of benzene rings is 2. The normalized spacial score (nSPS) is 10.7. The Labute approximate surface area is 147 Å². The third kappa shape index (κ3) is 4.99. The van der Waals surface area contributed by atoms with Crippen LogP contribution in [-0.2, 0) is 6.54 Å². The fourth-order valence-corrected chi connectivity index (χ4v) is 2.95. The van der Waals surface area contributed by atoms with E-state index in [1.807, 2.05) is 30.3 Å². The molecule has 0 bridgehead atoms. The number of halogens is 3. The Morgan fingerprint density at radius 2 is 1.90 bits per heavy atom. The molecule has 0 aliphatic heterocycles. The van der Waals surface area contributed by atoms with Crippen LogP contribution in [0.25, 0.3) is 0 Å². The number of rotatable bonds is 6. The van der Waals surface area contributed by atoms with Gasteiger partial charge in [-0.15, -0.1) is 0 Å². The molecule has 0 saturated heterocycles. The number of hydrogen-bond acceptors (Lipinski definition) is 2. The highest BCUT2D eigenvalue weighted by atomic mass is 79.9. The Morgan fingerprint density at radius 3 is 2.62 bits per heavy atom. The maximum absolute atomic E-state index is 6.03. The first-order valence-electron chi connectivity index (χ1n) is 6.72. The minimum atomic E-state index is 0.674. The van der Waals surface area contributed by atoms with Gasteiger partial charge in [0.2, 0.25) is 0 Å². The molecule has 0 radical (unpaired) electrons. The average Bonchev–Trinajstić information content (AvgIpc) is 2.44. The fourth-order valence-electron chi connectivity index (χ4n) is 1.85. The van der Waals surface area contributed by atoms with Gasteiger partial charge in [0, 0.05) is 21.6 Å². The van der Waals surface area contributed by atoms with Crippen molar-refractivity contribution in [1.82, 2.24) is 5.32 Å². The first-order valence-corrected chi connectivity index (χ1v) is 8.68. The molecule has 0 heterocycles. The monoisotopic (exact) mass is 431 g/mol. The van der Waals surface area contributed by atoms with Crippen molar-refractivity contribution in [3.63, 3.8) is 0 Å². The van der Waals surface area contributed by atoms with Crippen molar-refractivity contribution in [3.8, 4) is 11.5 Å². The Kier molecular flexibility index (Phi) is 6.55. The van der Waals surface area contributed by atoms with E-state index in [0.29, 0.717) is 5.02 Å². The summed E-state index contributed by atoms with van der Waals surface area (Å²) in [6.45, 7) is 3.92. The molecule has 0 fully saturated rings. The van der Waals surface area contributed by atoms with Crippen molar-refractivity contribution < 1.29 is 4.74 Å². The molecule has 0 atom stereocenters. The molecule has 5 heteroatoms. The van der Waals surface area contributed by atoms with Gasteiger partial charge in [-0.1, -0.05) is 40.5 Å². The van der Waals surface area contributed by atoms with Gasteiger partial charge in [0.15, 0.2) is 0 Å². The SMILES string of the molecule is CCCNCc1ccc(Br)cc1Oc1ccc(Cl)cc1Br. The summed E-state index contributed by atoms with van der Waals surface area (Å²) in [4.78, 5) is 0. The van der Waals surface area contributed by atoms with Crippen LogP contribution in [0.1, 0.15) is 18.9 Å². The summed E-state index contributed by atoms with van der Waals surface area (Å²) in [5, 5.41) is 4.07. The Hall–Kier alpha value is -0.550. The fraction of sp³-hybridized carbons (Fsp3) is 0.250. The van der Waals surface area contributed by atoms with Gasteiger partial charge < -0.3 is 10.1 Å². The first kappa shape index (κ1) is 16.8. The van der Waals surface area contributed by atoms with Crippen LogP contribution in [0, 0.1) is 0 Å². The van der Waals surface area contributed by atoms with Crippen LogP contribution in [0.4, 0.5) is 0 Å². The van der Waals surface area contributed by atoms with Crippen LogP contribution in [0.2, 0.25) is 5.02 Å². The zero-order chi connectivity index (χ0) is 15.2. The van der Waals surface area contributed by atoms with Crippen molar-refractivity contribution in [2.75, 3.05) is 6.54 Å². The second-order valence-corrected chi connectivity index (χ2v) is 6.81. The summed E-state index contributed by atoms with van der Waals surface area (Å²) >= 11 is 12.9. The maximum atomic E-state index is 6.03. The van der Waals surface area contributed by atoms with Crippen LogP contribution in [-0.4, -0.2) is 6.54 Å². The lowest BCUT2D eigenvalue weighted by Crippen LogP contribution is -2.14. The summed E-state index contributed by atoms with van der Waals surface area (Å²) in [6, 6.07) is 11.6. The van der Waals surface area contributed by atoms with E-state index in [1.54, 1.807) is 0 Å². The van der Waals surface area contributed by atoms with Crippen molar-refractivity contribution in [1.29, 1.82) is 0 Å². The van der Waals surface area contributed by atoms with E-state index in [-0.39, 0.29) is 0 Å². The molecule has 2 rings (SSSR count). The predicted molar refractivity (Wildman–Crippen MR) is 95.4 cm³/mol. The van der Waals surface area contributed by atoms with Gasteiger partial charge in [-0.2, -0.15) is 0 Å². The molecular weight excluding hydrogens is 417 g/mol. The molecule has 0 amide bonds. The van der Waals surface area contributed by atoms with E-state index in [2.05, 4.69) is 50.2 Å².